The first-order valence-electron chi connectivity index (χ1n) is 8.32. The minimum absolute atomic E-state index is 0.124. The maximum Gasteiger partial charge on any atom is 0.403 e. The van der Waals surface area contributed by atoms with E-state index in [1.165, 1.54) is 4.90 Å². The predicted octanol–water partition coefficient (Wildman–Crippen LogP) is 2.78. The van der Waals surface area contributed by atoms with E-state index in [9.17, 15) is 22.8 Å². The van der Waals surface area contributed by atoms with Crippen LogP contribution in [0.4, 0.5) is 13.2 Å². The van der Waals surface area contributed by atoms with Crippen LogP contribution in [-0.2, 0) is 9.59 Å². The van der Waals surface area contributed by atoms with Gasteiger partial charge in [-0.05, 0) is 31.8 Å². The Morgan fingerprint density at radius 1 is 1.25 bits per heavy atom. The van der Waals surface area contributed by atoms with Gasteiger partial charge in [0, 0.05) is 23.9 Å². The Morgan fingerprint density at radius 2 is 1.88 bits per heavy atom. The van der Waals surface area contributed by atoms with Crippen molar-refractivity contribution < 1.29 is 22.8 Å². The molecule has 0 aromatic carbocycles. The van der Waals surface area contributed by atoms with Gasteiger partial charge in [0.1, 0.15) is 5.41 Å². The fourth-order valence-corrected chi connectivity index (χ4v) is 4.58. The molecule has 2 aliphatic carbocycles. The van der Waals surface area contributed by atoms with E-state index >= 15 is 0 Å². The first-order chi connectivity index (χ1) is 10.9. The van der Waals surface area contributed by atoms with Crippen molar-refractivity contribution in [3.8, 4) is 0 Å². The number of nitrogens with two attached hydrogens (primary N) is 1. The van der Waals surface area contributed by atoms with Crippen molar-refractivity contribution in [1.82, 2.24) is 4.90 Å². The van der Waals surface area contributed by atoms with Gasteiger partial charge in [-0.1, -0.05) is 20.3 Å². The third-order valence-corrected chi connectivity index (χ3v) is 5.96. The van der Waals surface area contributed by atoms with Crippen LogP contribution in [-0.4, -0.2) is 35.9 Å². The van der Waals surface area contributed by atoms with Crippen LogP contribution in [0, 0.1) is 16.2 Å². The Balaban J connectivity index is 1.83. The van der Waals surface area contributed by atoms with Gasteiger partial charge < -0.3 is 10.6 Å². The SMILES string of the molecule is CC1(C)CC2(C=C(N)C1=O)CCN(C(=O)C1(C(F)(F)F)CCC1)C2. The highest BCUT2D eigenvalue weighted by Gasteiger charge is 2.65. The van der Waals surface area contributed by atoms with E-state index < -0.39 is 28.3 Å². The molecule has 1 amide bonds. The third-order valence-electron chi connectivity index (χ3n) is 5.96. The molecular weight excluding hydrogens is 321 g/mol. The normalized spacial score (nSPS) is 31.8. The van der Waals surface area contributed by atoms with Crippen molar-refractivity contribution in [2.45, 2.75) is 52.1 Å². The second-order valence-electron chi connectivity index (χ2n) is 8.26. The lowest BCUT2D eigenvalue weighted by atomic mass is 9.65. The molecule has 24 heavy (non-hydrogen) atoms. The smallest absolute Gasteiger partial charge is 0.396 e. The number of hydrogen-bond donors (Lipinski definition) is 1. The fraction of sp³-hybridized carbons (Fsp3) is 0.765. The van der Waals surface area contributed by atoms with E-state index in [0.717, 1.165) is 0 Å². The maximum absolute atomic E-state index is 13.4. The van der Waals surface area contributed by atoms with Gasteiger partial charge in [0.25, 0.3) is 0 Å². The van der Waals surface area contributed by atoms with Gasteiger partial charge >= 0.3 is 6.18 Å². The number of carbonyl (C=O) groups excluding carboxylic acids is 2. The average Bonchev–Trinajstić information content (AvgIpc) is 2.75. The van der Waals surface area contributed by atoms with Crippen LogP contribution in [0.2, 0.25) is 0 Å². The Hall–Kier alpha value is -1.53. The molecule has 1 atom stereocenters. The van der Waals surface area contributed by atoms with Crippen molar-refractivity contribution >= 4 is 11.7 Å². The number of hydrogen-bond acceptors (Lipinski definition) is 3. The number of ketones is 1. The maximum atomic E-state index is 13.4. The van der Waals surface area contributed by atoms with Crippen LogP contribution < -0.4 is 5.73 Å². The molecule has 3 aliphatic rings. The van der Waals surface area contributed by atoms with Crippen LogP contribution in [0.15, 0.2) is 11.8 Å². The van der Waals surface area contributed by atoms with E-state index in [4.69, 9.17) is 5.73 Å². The molecule has 1 saturated carbocycles. The molecule has 4 nitrogen and oxygen atoms in total. The van der Waals surface area contributed by atoms with Gasteiger partial charge in [0.05, 0.1) is 5.70 Å². The lowest BCUT2D eigenvalue weighted by Crippen LogP contribution is -2.56. The summed E-state index contributed by atoms with van der Waals surface area (Å²) >= 11 is 0. The summed E-state index contributed by atoms with van der Waals surface area (Å²) in [6, 6.07) is 0. The Kier molecular flexibility index (Phi) is 3.59. The highest BCUT2D eigenvalue weighted by molar-refractivity contribution is 5.99. The lowest BCUT2D eigenvalue weighted by molar-refractivity contribution is -0.248. The molecule has 1 spiro atoms. The molecule has 1 heterocycles. The molecule has 0 aromatic heterocycles. The van der Waals surface area contributed by atoms with Crippen molar-refractivity contribution in [3.05, 3.63) is 11.8 Å². The molecule has 0 bridgehead atoms. The lowest BCUT2D eigenvalue weighted by Gasteiger charge is -2.44. The number of likely N-dealkylation sites (tertiary alicyclic amines) is 1. The van der Waals surface area contributed by atoms with Gasteiger partial charge in [-0.15, -0.1) is 0 Å². The summed E-state index contributed by atoms with van der Waals surface area (Å²) in [6.45, 7) is 4.08. The highest BCUT2D eigenvalue weighted by Crippen LogP contribution is 2.55. The standard InChI is InChI=1S/C17H23F3N2O2/c1-14(2)9-15(8-11(21)12(14)23)6-7-22(10-15)13(24)16(4-3-5-16)17(18,19)20/h8H,3-7,9-10,21H2,1-2H3. The second kappa shape index (κ2) is 4.99. The number of carbonyl (C=O) groups is 2. The number of amides is 1. The van der Waals surface area contributed by atoms with Crippen LogP contribution in [0.5, 0.6) is 0 Å². The number of nitrogens with zero attached hydrogens (tertiary/aromatic N) is 1. The fourth-order valence-electron chi connectivity index (χ4n) is 4.58. The zero-order chi connectivity index (χ0) is 18.0. The van der Waals surface area contributed by atoms with Crippen molar-refractivity contribution in [3.63, 3.8) is 0 Å². The van der Waals surface area contributed by atoms with Gasteiger partial charge in [-0.25, -0.2) is 0 Å². The highest BCUT2D eigenvalue weighted by atomic mass is 19.4. The topological polar surface area (TPSA) is 63.4 Å². The van der Waals surface area contributed by atoms with Crippen LogP contribution >= 0.6 is 0 Å². The number of alkyl halides is 3. The van der Waals surface area contributed by atoms with Crippen molar-refractivity contribution in [1.29, 1.82) is 0 Å². The largest absolute Gasteiger partial charge is 0.403 e. The molecule has 2 N–H and O–H groups in total. The summed E-state index contributed by atoms with van der Waals surface area (Å²) in [5, 5.41) is 0. The first-order valence-corrected chi connectivity index (χ1v) is 8.32. The molecule has 0 aromatic rings. The van der Waals surface area contributed by atoms with E-state index in [0.29, 0.717) is 19.3 Å². The third kappa shape index (κ3) is 2.35. The number of allylic oxidation sites excluding steroid dienone is 1. The van der Waals surface area contributed by atoms with Crippen LogP contribution in [0.1, 0.15) is 46.0 Å². The zero-order valence-corrected chi connectivity index (χ0v) is 14.0. The molecule has 0 radical (unpaired) electrons. The molecule has 134 valence electrons. The van der Waals surface area contributed by atoms with Crippen LogP contribution in [0.3, 0.4) is 0 Å². The molecule has 3 rings (SSSR count). The second-order valence-corrected chi connectivity index (χ2v) is 8.26. The summed E-state index contributed by atoms with van der Waals surface area (Å²) < 4.78 is 40.2. The Bertz CT molecular complexity index is 620. The molecule has 7 heteroatoms. The monoisotopic (exact) mass is 344 g/mol. The summed E-state index contributed by atoms with van der Waals surface area (Å²) in [5.74, 6) is -0.941. The molecular formula is C17H23F3N2O2. The molecule has 1 unspecified atom stereocenters. The van der Waals surface area contributed by atoms with Crippen molar-refractivity contribution in [2.24, 2.45) is 22.0 Å². The van der Waals surface area contributed by atoms with Gasteiger partial charge in [-0.2, -0.15) is 13.2 Å². The van der Waals surface area contributed by atoms with E-state index in [2.05, 4.69) is 0 Å². The number of Topliss-reactive ketones (excluding diaryl/α,β-unsaturated/α-hetero) is 1. The quantitative estimate of drug-likeness (QED) is 0.796. The van der Waals surface area contributed by atoms with E-state index in [1.807, 2.05) is 0 Å². The summed E-state index contributed by atoms with van der Waals surface area (Å²) in [6.07, 6.45) is -1.60. The molecule has 1 saturated heterocycles. The molecule has 2 fully saturated rings. The minimum Gasteiger partial charge on any atom is -0.396 e. The Morgan fingerprint density at radius 3 is 2.33 bits per heavy atom. The van der Waals surface area contributed by atoms with Gasteiger partial charge in [0.15, 0.2) is 5.78 Å². The summed E-state index contributed by atoms with van der Waals surface area (Å²) in [7, 11) is 0. The van der Waals surface area contributed by atoms with Crippen molar-refractivity contribution in [2.75, 3.05) is 13.1 Å². The number of halogens is 3. The number of rotatable bonds is 1. The van der Waals surface area contributed by atoms with E-state index in [1.54, 1.807) is 19.9 Å². The summed E-state index contributed by atoms with van der Waals surface area (Å²) in [5.41, 5.74) is 2.66. The average molecular weight is 344 g/mol. The van der Waals surface area contributed by atoms with Gasteiger partial charge in [-0.3, -0.25) is 9.59 Å². The summed E-state index contributed by atoms with van der Waals surface area (Å²) in [4.78, 5) is 26.1. The predicted molar refractivity (Wildman–Crippen MR) is 81.6 cm³/mol. The molecule has 1 aliphatic heterocycles. The van der Waals surface area contributed by atoms with Gasteiger partial charge in [0.2, 0.25) is 5.91 Å². The van der Waals surface area contributed by atoms with E-state index in [-0.39, 0.29) is 37.4 Å². The zero-order valence-electron chi connectivity index (χ0n) is 14.0. The van der Waals surface area contributed by atoms with Crippen LogP contribution in [0.25, 0.3) is 0 Å². The minimum atomic E-state index is -4.51. The Labute approximate surface area is 139 Å². The first kappa shape index (κ1) is 17.3.